The lowest BCUT2D eigenvalue weighted by Gasteiger charge is -2.02. The van der Waals surface area contributed by atoms with Gasteiger partial charge in [0.1, 0.15) is 0 Å². The van der Waals surface area contributed by atoms with Crippen LogP contribution < -0.4 is 0 Å². The number of alkyl halides is 3. The number of carboxylic acids is 1. The molecule has 5 heteroatoms. The fraction of sp³-hybridized carbons (Fsp3) is 0.571. The summed E-state index contributed by atoms with van der Waals surface area (Å²) >= 11 is 0. The summed E-state index contributed by atoms with van der Waals surface area (Å²) in [5, 5.41) is 8.06. The largest absolute Gasteiger partial charge is 0.478 e. The predicted octanol–water partition coefficient (Wildman–Crippen LogP) is 2.36. The Balaban J connectivity index is 3.40. The monoisotopic (exact) mass is 182 g/mol. The van der Waals surface area contributed by atoms with Crippen molar-refractivity contribution in [2.24, 2.45) is 0 Å². The van der Waals surface area contributed by atoms with E-state index in [1.807, 2.05) is 0 Å². The van der Waals surface area contributed by atoms with Crippen LogP contribution in [0.2, 0.25) is 0 Å². The maximum absolute atomic E-state index is 11.5. The maximum Gasteiger partial charge on any atom is 0.389 e. The highest BCUT2D eigenvalue weighted by Gasteiger charge is 2.25. The van der Waals surface area contributed by atoms with Crippen molar-refractivity contribution in [2.75, 3.05) is 0 Å². The predicted molar refractivity (Wildman–Crippen MR) is 36.7 cm³/mol. The zero-order chi connectivity index (χ0) is 9.61. The molecule has 0 saturated carbocycles. The van der Waals surface area contributed by atoms with Crippen LogP contribution in [0, 0.1) is 0 Å². The van der Waals surface area contributed by atoms with Gasteiger partial charge in [-0.15, -0.1) is 0 Å². The van der Waals surface area contributed by atoms with Gasteiger partial charge in [-0.1, -0.05) is 6.08 Å². The van der Waals surface area contributed by atoms with Gasteiger partial charge in [0, 0.05) is 12.5 Å². The van der Waals surface area contributed by atoms with Crippen LogP contribution in [0.3, 0.4) is 0 Å². The van der Waals surface area contributed by atoms with E-state index in [2.05, 4.69) is 0 Å². The molecular formula is C7H9F3O2. The summed E-state index contributed by atoms with van der Waals surface area (Å²) in [7, 11) is 0. The number of carbonyl (C=O) groups is 1. The molecule has 0 aromatic heterocycles. The summed E-state index contributed by atoms with van der Waals surface area (Å²) in [6.07, 6.45) is -2.86. The summed E-state index contributed by atoms with van der Waals surface area (Å²) in [6.45, 7) is 0. The topological polar surface area (TPSA) is 37.3 Å². The normalized spacial score (nSPS) is 12.2. The second-order valence-corrected chi connectivity index (χ2v) is 2.25. The zero-order valence-corrected chi connectivity index (χ0v) is 6.27. The average Bonchev–Trinajstić information content (AvgIpc) is 1.83. The Labute approximate surface area is 67.7 Å². The number of rotatable bonds is 4. The summed E-state index contributed by atoms with van der Waals surface area (Å²) < 4.78 is 34.5. The molecule has 0 saturated heterocycles. The van der Waals surface area contributed by atoms with Crippen LogP contribution in [0.4, 0.5) is 13.2 Å². The van der Waals surface area contributed by atoms with Crippen molar-refractivity contribution in [3.05, 3.63) is 12.2 Å². The van der Waals surface area contributed by atoms with Gasteiger partial charge in [0.05, 0.1) is 0 Å². The highest BCUT2D eigenvalue weighted by molar-refractivity contribution is 5.79. The van der Waals surface area contributed by atoms with Gasteiger partial charge in [0.15, 0.2) is 0 Å². The Morgan fingerprint density at radius 3 is 2.42 bits per heavy atom. The fourth-order valence-electron chi connectivity index (χ4n) is 0.605. The first-order chi connectivity index (χ1) is 5.42. The highest BCUT2D eigenvalue weighted by Crippen LogP contribution is 2.22. The quantitative estimate of drug-likeness (QED) is 0.535. The van der Waals surface area contributed by atoms with Crippen molar-refractivity contribution in [3.8, 4) is 0 Å². The van der Waals surface area contributed by atoms with Crippen molar-refractivity contribution in [1.29, 1.82) is 0 Å². The molecule has 0 aromatic rings. The first-order valence-electron chi connectivity index (χ1n) is 3.38. The van der Waals surface area contributed by atoms with E-state index in [0.29, 0.717) is 0 Å². The zero-order valence-electron chi connectivity index (χ0n) is 6.27. The van der Waals surface area contributed by atoms with Gasteiger partial charge in [-0.25, -0.2) is 4.79 Å². The van der Waals surface area contributed by atoms with Crippen molar-refractivity contribution in [1.82, 2.24) is 0 Å². The van der Waals surface area contributed by atoms with E-state index in [-0.39, 0.29) is 12.8 Å². The SMILES string of the molecule is O=C(O)C=CCCCC(F)(F)F. The molecule has 0 aliphatic carbocycles. The van der Waals surface area contributed by atoms with Gasteiger partial charge >= 0.3 is 12.1 Å². The third-order valence-electron chi connectivity index (χ3n) is 1.09. The molecule has 0 aliphatic rings. The van der Waals surface area contributed by atoms with E-state index in [0.717, 1.165) is 6.08 Å². The van der Waals surface area contributed by atoms with E-state index in [9.17, 15) is 18.0 Å². The van der Waals surface area contributed by atoms with E-state index >= 15 is 0 Å². The lowest BCUT2D eigenvalue weighted by atomic mass is 10.2. The van der Waals surface area contributed by atoms with Gasteiger partial charge in [0.25, 0.3) is 0 Å². The van der Waals surface area contributed by atoms with Crippen LogP contribution >= 0.6 is 0 Å². The van der Waals surface area contributed by atoms with E-state index in [1.165, 1.54) is 6.08 Å². The van der Waals surface area contributed by atoms with Crippen LogP contribution in [0.5, 0.6) is 0 Å². The first kappa shape index (κ1) is 11.0. The summed E-state index contributed by atoms with van der Waals surface area (Å²) in [5.74, 6) is -1.14. The molecule has 0 atom stereocenters. The number of hydrogen-bond acceptors (Lipinski definition) is 1. The van der Waals surface area contributed by atoms with Crippen LogP contribution in [-0.2, 0) is 4.79 Å². The second kappa shape index (κ2) is 4.79. The molecule has 0 bridgehead atoms. The lowest BCUT2D eigenvalue weighted by Crippen LogP contribution is -2.05. The Hall–Kier alpha value is -1.00. The minimum Gasteiger partial charge on any atom is -0.478 e. The van der Waals surface area contributed by atoms with Crippen molar-refractivity contribution >= 4 is 5.97 Å². The average molecular weight is 182 g/mol. The smallest absolute Gasteiger partial charge is 0.389 e. The lowest BCUT2D eigenvalue weighted by molar-refractivity contribution is -0.135. The van der Waals surface area contributed by atoms with Crippen molar-refractivity contribution in [2.45, 2.75) is 25.4 Å². The van der Waals surface area contributed by atoms with Gasteiger partial charge < -0.3 is 5.11 Å². The van der Waals surface area contributed by atoms with Crippen molar-refractivity contribution < 1.29 is 23.1 Å². The Morgan fingerprint density at radius 1 is 1.42 bits per heavy atom. The molecular weight excluding hydrogens is 173 g/mol. The Kier molecular flexibility index (Phi) is 4.39. The Bertz CT molecular complexity index is 172. The highest BCUT2D eigenvalue weighted by atomic mass is 19.4. The van der Waals surface area contributed by atoms with Crippen LogP contribution in [0.15, 0.2) is 12.2 Å². The molecule has 0 heterocycles. The van der Waals surface area contributed by atoms with Crippen LogP contribution in [0.25, 0.3) is 0 Å². The van der Waals surface area contributed by atoms with Crippen LogP contribution in [-0.4, -0.2) is 17.3 Å². The summed E-state index contributed by atoms with van der Waals surface area (Å²) in [4.78, 5) is 9.85. The van der Waals surface area contributed by atoms with Crippen LogP contribution in [0.1, 0.15) is 19.3 Å². The minimum absolute atomic E-state index is 0.0622. The Morgan fingerprint density at radius 2 is 2.00 bits per heavy atom. The van der Waals surface area contributed by atoms with Gasteiger partial charge in [-0.05, 0) is 12.8 Å². The fourth-order valence-corrected chi connectivity index (χ4v) is 0.605. The number of carboxylic acid groups (broad SMARTS) is 1. The molecule has 0 radical (unpaired) electrons. The first-order valence-corrected chi connectivity index (χ1v) is 3.38. The number of hydrogen-bond donors (Lipinski definition) is 1. The number of halogens is 3. The molecule has 0 aromatic carbocycles. The summed E-state index contributed by atoms with van der Waals surface area (Å²) in [5.41, 5.74) is 0. The third kappa shape index (κ3) is 9.00. The molecule has 12 heavy (non-hydrogen) atoms. The minimum atomic E-state index is -4.14. The van der Waals surface area contributed by atoms with E-state index in [1.54, 1.807) is 0 Å². The maximum atomic E-state index is 11.5. The summed E-state index contributed by atoms with van der Waals surface area (Å²) in [6, 6.07) is 0. The molecule has 0 spiro atoms. The number of allylic oxidation sites excluding steroid dienone is 1. The number of aliphatic carboxylic acids is 1. The van der Waals surface area contributed by atoms with Gasteiger partial charge in [-0.3, -0.25) is 0 Å². The number of unbranched alkanes of at least 4 members (excludes halogenated alkanes) is 1. The van der Waals surface area contributed by atoms with Gasteiger partial charge in [-0.2, -0.15) is 13.2 Å². The molecule has 2 nitrogen and oxygen atoms in total. The molecule has 0 amide bonds. The van der Waals surface area contributed by atoms with E-state index < -0.39 is 18.6 Å². The van der Waals surface area contributed by atoms with Crippen molar-refractivity contribution in [3.63, 3.8) is 0 Å². The molecule has 70 valence electrons. The standard InChI is InChI=1S/C7H9F3O2/c8-7(9,10)5-3-1-2-4-6(11)12/h2,4H,1,3,5H2,(H,11,12). The van der Waals surface area contributed by atoms with E-state index in [4.69, 9.17) is 5.11 Å². The molecule has 0 fully saturated rings. The molecule has 1 N–H and O–H groups in total. The third-order valence-corrected chi connectivity index (χ3v) is 1.09. The molecule has 0 rings (SSSR count). The molecule has 0 unspecified atom stereocenters. The molecule has 0 aliphatic heterocycles. The van der Waals surface area contributed by atoms with Gasteiger partial charge in [0.2, 0.25) is 0 Å². The second-order valence-electron chi connectivity index (χ2n) is 2.25.